The molecule has 2 saturated heterocycles. The van der Waals surface area contributed by atoms with Crippen molar-refractivity contribution >= 4 is 0 Å². The van der Waals surface area contributed by atoms with E-state index in [1.807, 2.05) is 0 Å². The zero-order chi connectivity index (χ0) is 13.7. The van der Waals surface area contributed by atoms with Crippen molar-refractivity contribution in [3.05, 3.63) is 0 Å². The molecule has 1 unspecified atom stereocenters. The number of piperazine rings is 1. The lowest BCUT2D eigenvalue weighted by atomic mass is 10.2. The number of morpholine rings is 1. The van der Waals surface area contributed by atoms with E-state index in [0.717, 1.165) is 52.4 Å². The van der Waals surface area contributed by atoms with Gasteiger partial charge in [-0.15, -0.1) is 0 Å². The third-order valence-electron chi connectivity index (χ3n) is 4.12. The molecule has 5 heteroatoms. The van der Waals surface area contributed by atoms with Crippen molar-refractivity contribution in [2.45, 2.75) is 26.0 Å². The van der Waals surface area contributed by atoms with Gasteiger partial charge in [-0.1, -0.05) is 0 Å². The fourth-order valence-electron chi connectivity index (χ4n) is 2.84. The largest absolute Gasteiger partial charge is 0.374 e. The van der Waals surface area contributed by atoms with Crippen LogP contribution in [0.3, 0.4) is 0 Å². The highest BCUT2D eigenvalue weighted by Crippen LogP contribution is 2.11. The number of hydrogen-bond acceptors (Lipinski definition) is 5. The summed E-state index contributed by atoms with van der Waals surface area (Å²) in [7, 11) is 0. The van der Waals surface area contributed by atoms with E-state index in [4.69, 9.17) is 10.00 Å². The Morgan fingerprint density at radius 1 is 1.16 bits per heavy atom. The summed E-state index contributed by atoms with van der Waals surface area (Å²) in [4.78, 5) is 7.20. The first-order chi connectivity index (χ1) is 9.19. The highest BCUT2D eigenvalue weighted by molar-refractivity contribution is 4.83. The van der Waals surface area contributed by atoms with Gasteiger partial charge in [-0.3, -0.25) is 14.7 Å². The molecule has 19 heavy (non-hydrogen) atoms. The summed E-state index contributed by atoms with van der Waals surface area (Å²) < 4.78 is 5.89. The molecule has 0 amide bonds. The lowest BCUT2D eigenvalue weighted by Gasteiger charge is -2.39. The summed E-state index contributed by atoms with van der Waals surface area (Å²) >= 11 is 0. The molecule has 0 aromatic heterocycles. The zero-order valence-electron chi connectivity index (χ0n) is 12.2. The fraction of sp³-hybridized carbons (Fsp3) is 0.929. The van der Waals surface area contributed by atoms with Gasteiger partial charge >= 0.3 is 0 Å². The van der Waals surface area contributed by atoms with E-state index in [9.17, 15) is 0 Å². The van der Waals surface area contributed by atoms with Crippen LogP contribution < -0.4 is 0 Å². The average Bonchev–Trinajstić information content (AvgIpc) is 2.42. The fourth-order valence-corrected chi connectivity index (χ4v) is 2.84. The van der Waals surface area contributed by atoms with Crippen LogP contribution in [0.1, 0.15) is 13.8 Å². The highest BCUT2D eigenvalue weighted by Gasteiger charge is 2.25. The average molecular weight is 266 g/mol. The third-order valence-corrected chi connectivity index (χ3v) is 4.12. The molecule has 0 aromatic rings. The van der Waals surface area contributed by atoms with Crippen LogP contribution in [0.5, 0.6) is 0 Å². The van der Waals surface area contributed by atoms with Crippen LogP contribution in [0, 0.1) is 11.3 Å². The molecule has 2 fully saturated rings. The quantitative estimate of drug-likeness (QED) is 0.682. The SMILES string of the molecule is CC(C)N1CCOC(CN2CCN(CC#N)CC2)C1. The molecule has 2 aliphatic heterocycles. The summed E-state index contributed by atoms with van der Waals surface area (Å²) in [5.41, 5.74) is 0. The summed E-state index contributed by atoms with van der Waals surface area (Å²) in [5, 5.41) is 8.70. The number of hydrogen-bond donors (Lipinski definition) is 0. The Kier molecular flexibility index (Phi) is 5.59. The maximum Gasteiger partial charge on any atom is 0.0866 e. The van der Waals surface area contributed by atoms with Crippen molar-refractivity contribution < 1.29 is 4.74 Å². The smallest absolute Gasteiger partial charge is 0.0866 e. The zero-order valence-corrected chi connectivity index (χ0v) is 12.2. The number of nitrogens with zero attached hydrogens (tertiary/aromatic N) is 4. The molecule has 2 rings (SSSR count). The molecule has 0 spiro atoms. The van der Waals surface area contributed by atoms with Crippen LogP contribution in [-0.4, -0.2) is 85.8 Å². The van der Waals surface area contributed by atoms with E-state index in [1.165, 1.54) is 0 Å². The molecular formula is C14H26N4O. The topological polar surface area (TPSA) is 42.7 Å². The van der Waals surface area contributed by atoms with Crippen molar-refractivity contribution in [2.24, 2.45) is 0 Å². The van der Waals surface area contributed by atoms with Crippen molar-refractivity contribution in [3.8, 4) is 6.07 Å². The van der Waals surface area contributed by atoms with Gasteiger partial charge < -0.3 is 4.74 Å². The molecule has 108 valence electrons. The molecular weight excluding hydrogens is 240 g/mol. The van der Waals surface area contributed by atoms with E-state index in [1.54, 1.807) is 0 Å². The van der Waals surface area contributed by atoms with Crippen LogP contribution in [0.2, 0.25) is 0 Å². The molecule has 0 aromatic carbocycles. The minimum Gasteiger partial charge on any atom is -0.374 e. The molecule has 1 atom stereocenters. The van der Waals surface area contributed by atoms with Gasteiger partial charge in [0.2, 0.25) is 0 Å². The van der Waals surface area contributed by atoms with Gasteiger partial charge in [0.05, 0.1) is 25.3 Å². The van der Waals surface area contributed by atoms with E-state index in [0.29, 0.717) is 18.7 Å². The monoisotopic (exact) mass is 266 g/mol. The van der Waals surface area contributed by atoms with E-state index < -0.39 is 0 Å². The number of ether oxygens (including phenoxy) is 1. The second kappa shape index (κ2) is 7.20. The summed E-state index contributed by atoms with van der Waals surface area (Å²) in [6.07, 6.45) is 0.346. The van der Waals surface area contributed by atoms with Crippen LogP contribution >= 0.6 is 0 Å². The van der Waals surface area contributed by atoms with E-state index >= 15 is 0 Å². The van der Waals surface area contributed by atoms with Crippen LogP contribution in [0.4, 0.5) is 0 Å². The second-order valence-corrected chi connectivity index (χ2v) is 5.82. The van der Waals surface area contributed by atoms with Gasteiger partial charge in [-0.2, -0.15) is 5.26 Å². The maximum absolute atomic E-state index is 8.70. The van der Waals surface area contributed by atoms with Gasteiger partial charge in [-0.25, -0.2) is 0 Å². The van der Waals surface area contributed by atoms with Gasteiger partial charge in [0.15, 0.2) is 0 Å². The predicted octanol–water partition coefficient (Wildman–Crippen LogP) is 0.237. The minimum absolute atomic E-state index is 0.346. The summed E-state index contributed by atoms with van der Waals surface area (Å²) in [5.74, 6) is 0. The van der Waals surface area contributed by atoms with Crippen molar-refractivity contribution in [2.75, 3.05) is 59.0 Å². The van der Waals surface area contributed by atoms with Crippen LogP contribution in [0.15, 0.2) is 0 Å². The highest BCUT2D eigenvalue weighted by atomic mass is 16.5. The minimum atomic E-state index is 0.346. The number of rotatable bonds is 4. The van der Waals surface area contributed by atoms with Crippen LogP contribution in [-0.2, 0) is 4.74 Å². The number of nitriles is 1. The van der Waals surface area contributed by atoms with Gasteiger partial charge in [0.25, 0.3) is 0 Å². The summed E-state index contributed by atoms with van der Waals surface area (Å²) in [6, 6.07) is 2.84. The maximum atomic E-state index is 8.70. The molecule has 0 N–H and O–H groups in total. The Bertz CT molecular complexity index is 307. The van der Waals surface area contributed by atoms with Crippen LogP contribution in [0.25, 0.3) is 0 Å². The second-order valence-electron chi connectivity index (χ2n) is 5.82. The van der Waals surface area contributed by atoms with E-state index in [2.05, 4.69) is 34.6 Å². The molecule has 0 radical (unpaired) electrons. The lowest BCUT2D eigenvalue weighted by Crippen LogP contribution is -2.53. The Labute approximate surface area is 116 Å². The summed E-state index contributed by atoms with van der Waals surface area (Å²) in [6.45, 7) is 13.2. The van der Waals surface area contributed by atoms with Gasteiger partial charge in [0, 0.05) is 51.9 Å². The van der Waals surface area contributed by atoms with Crippen molar-refractivity contribution in [1.82, 2.24) is 14.7 Å². The van der Waals surface area contributed by atoms with Crippen molar-refractivity contribution in [1.29, 1.82) is 5.26 Å². The first-order valence-electron chi connectivity index (χ1n) is 7.36. The normalized spacial score (nSPS) is 27.6. The Hall–Kier alpha value is -0.670. The first-order valence-corrected chi connectivity index (χ1v) is 7.36. The molecule has 0 saturated carbocycles. The molecule has 0 bridgehead atoms. The van der Waals surface area contributed by atoms with E-state index in [-0.39, 0.29) is 0 Å². The molecule has 0 aliphatic carbocycles. The Balaban J connectivity index is 1.72. The molecule has 2 heterocycles. The molecule has 5 nitrogen and oxygen atoms in total. The van der Waals surface area contributed by atoms with Crippen molar-refractivity contribution in [3.63, 3.8) is 0 Å². The van der Waals surface area contributed by atoms with Gasteiger partial charge in [0.1, 0.15) is 0 Å². The first kappa shape index (κ1) is 14.7. The third kappa shape index (κ3) is 4.43. The van der Waals surface area contributed by atoms with Gasteiger partial charge in [-0.05, 0) is 13.8 Å². The predicted molar refractivity (Wildman–Crippen MR) is 74.9 cm³/mol. The Morgan fingerprint density at radius 2 is 1.84 bits per heavy atom. The Morgan fingerprint density at radius 3 is 2.47 bits per heavy atom. The lowest BCUT2D eigenvalue weighted by molar-refractivity contribution is -0.0560. The standard InChI is InChI=1S/C14H26N4O/c1-13(2)18-9-10-19-14(12-18)11-17-7-5-16(4-3-15)6-8-17/h13-14H,4-12H2,1-2H3. The molecule has 2 aliphatic rings.